The minimum atomic E-state index is -0.910. The maximum atomic E-state index is 11.7. The topological polar surface area (TPSA) is 97.1 Å². The lowest BCUT2D eigenvalue weighted by Gasteiger charge is -2.16. The molecule has 0 saturated carbocycles. The van der Waals surface area contributed by atoms with Crippen LogP contribution in [0.15, 0.2) is 36.4 Å². The van der Waals surface area contributed by atoms with Gasteiger partial charge in [-0.25, -0.2) is 4.79 Å². The molecule has 1 aromatic rings. The van der Waals surface area contributed by atoms with E-state index in [0.717, 1.165) is 25.7 Å². The van der Waals surface area contributed by atoms with Crippen molar-refractivity contribution in [2.24, 2.45) is 0 Å². The summed E-state index contributed by atoms with van der Waals surface area (Å²) in [6, 6.07) is 5.15. The van der Waals surface area contributed by atoms with Gasteiger partial charge >= 0.3 is 6.16 Å². The molecule has 3 atom stereocenters. The summed E-state index contributed by atoms with van der Waals surface area (Å²) in [6.07, 6.45) is 6.46. The van der Waals surface area contributed by atoms with Crippen LogP contribution in [0.1, 0.15) is 25.7 Å². The summed E-state index contributed by atoms with van der Waals surface area (Å²) in [4.78, 5) is 21.8. The second kappa shape index (κ2) is 8.09. The van der Waals surface area contributed by atoms with E-state index in [1.807, 2.05) is 0 Å². The van der Waals surface area contributed by atoms with Crippen LogP contribution in [0.25, 0.3) is 0 Å². The van der Waals surface area contributed by atoms with E-state index < -0.39 is 17.4 Å². The highest BCUT2D eigenvalue weighted by Crippen LogP contribution is 2.28. The third-order valence-corrected chi connectivity index (χ3v) is 4.06. The van der Waals surface area contributed by atoms with Crippen molar-refractivity contribution in [1.82, 2.24) is 0 Å². The first-order chi connectivity index (χ1) is 12.1. The zero-order valence-electron chi connectivity index (χ0n) is 13.5. The van der Waals surface area contributed by atoms with Crippen molar-refractivity contribution in [2.75, 3.05) is 6.61 Å². The fourth-order valence-electron chi connectivity index (χ4n) is 2.84. The third-order valence-electron chi connectivity index (χ3n) is 4.06. The van der Waals surface area contributed by atoms with Crippen LogP contribution in [-0.4, -0.2) is 36.2 Å². The predicted octanol–water partition coefficient (Wildman–Crippen LogP) is 3.35. The molecule has 1 heterocycles. The van der Waals surface area contributed by atoms with Crippen LogP contribution in [0.5, 0.6) is 5.75 Å². The van der Waals surface area contributed by atoms with Crippen LogP contribution in [0.4, 0.5) is 10.5 Å². The molecule has 134 valence electrons. The third kappa shape index (κ3) is 4.77. The first-order valence-corrected chi connectivity index (χ1v) is 8.17. The van der Waals surface area contributed by atoms with Crippen LogP contribution in [-0.2, 0) is 14.2 Å². The number of allylic oxidation sites excluding steroid dienone is 2. The molecule has 0 spiro atoms. The molecule has 1 aliphatic carbocycles. The van der Waals surface area contributed by atoms with E-state index in [-0.39, 0.29) is 30.3 Å². The lowest BCUT2D eigenvalue weighted by molar-refractivity contribution is -0.384. The molecule has 8 heteroatoms. The van der Waals surface area contributed by atoms with Gasteiger partial charge in [-0.05, 0) is 37.8 Å². The SMILES string of the molecule is O=C(OCC1O[C@H]2CC/C=C/CC[C@H]2O1)Oc1ccc([N+](=O)[O-])cc1. The van der Waals surface area contributed by atoms with Gasteiger partial charge in [0.25, 0.3) is 5.69 Å². The van der Waals surface area contributed by atoms with Crippen LogP contribution < -0.4 is 4.74 Å². The van der Waals surface area contributed by atoms with Gasteiger partial charge in [-0.3, -0.25) is 10.1 Å². The Morgan fingerprint density at radius 1 is 1.12 bits per heavy atom. The number of hydrogen-bond acceptors (Lipinski definition) is 7. The Bertz CT molecular complexity index is 625. The molecular formula is C17H19NO7. The summed E-state index contributed by atoms with van der Waals surface area (Å²) < 4.78 is 21.5. The summed E-state index contributed by atoms with van der Waals surface area (Å²) in [5.74, 6) is 0.163. The minimum absolute atomic E-state index is 0.0178. The molecule has 0 aromatic heterocycles. The lowest BCUT2D eigenvalue weighted by Crippen LogP contribution is -2.22. The number of non-ortho nitro benzene ring substituents is 1. The van der Waals surface area contributed by atoms with Gasteiger partial charge in [-0.2, -0.15) is 0 Å². The average Bonchev–Trinajstić information content (AvgIpc) is 2.95. The minimum Gasteiger partial charge on any atom is -0.429 e. The van der Waals surface area contributed by atoms with Crippen molar-refractivity contribution in [3.05, 3.63) is 46.5 Å². The molecule has 3 rings (SSSR count). The molecule has 0 radical (unpaired) electrons. The number of benzene rings is 1. The number of fused-ring (bicyclic) bond motifs is 1. The first-order valence-electron chi connectivity index (χ1n) is 8.17. The zero-order chi connectivity index (χ0) is 17.6. The summed E-state index contributed by atoms with van der Waals surface area (Å²) in [5, 5.41) is 10.6. The van der Waals surface area contributed by atoms with Crippen molar-refractivity contribution in [1.29, 1.82) is 0 Å². The molecule has 0 bridgehead atoms. The van der Waals surface area contributed by atoms with Gasteiger partial charge in [0, 0.05) is 12.1 Å². The lowest BCUT2D eigenvalue weighted by atomic mass is 10.0. The van der Waals surface area contributed by atoms with Gasteiger partial charge in [0.15, 0.2) is 6.29 Å². The number of nitrogens with zero attached hydrogens (tertiary/aromatic N) is 1. The summed E-state index contributed by atoms with van der Waals surface area (Å²) in [7, 11) is 0. The van der Waals surface area contributed by atoms with Gasteiger partial charge in [0.2, 0.25) is 0 Å². The molecular weight excluding hydrogens is 330 g/mol. The number of hydrogen-bond donors (Lipinski definition) is 0. The van der Waals surface area contributed by atoms with Crippen molar-refractivity contribution in [3.63, 3.8) is 0 Å². The number of rotatable bonds is 4. The van der Waals surface area contributed by atoms with Gasteiger partial charge in [0.1, 0.15) is 12.4 Å². The van der Waals surface area contributed by atoms with E-state index in [1.165, 1.54) is 24.3 Å². The summed E-state index contributed by atoms with van der Waals surface area (Å²) >= 11 is 0. The normalized spacial score (nSPS) is 26.8. The molecule has 0 N–H and O–H groups in total. The summed E-state index contributed by atoms with van der Waals surface area (Å²) in [6.45, 7) is -0.0633. The number of ether oxygens (including phenoxy) is 4. The van der Waals surface area contributed by atoms with E-state index in [0.29, 0.717) is 0 Å². The van der Waals surface area contributed by atoms with Gasteiger partial charge in [0.05, 0.1) is 17.1 Å². The first kappa shape index (κ1) is 17.4. The Hall–Kier alpha value is -2.45. The summed E-state index contributed by atoms with van der Waals surface area (Å²) in [5.41, 5.74) is -0.0857. The van der Waals surface area contributed by atoms with Crippen LogP contribution in [0, 0.1) is 10.1 Å². The highest BCUT2D eigenvalue weighted by atomic mass is 16.8. The molecule has 2 aliphatic rings. The zero-order valence-corrected chi connectivity index (χ0v) is 13.5. The number of carbonyl (C=O) groups is 1. The Morgan fingerprint density at radius 3 is 2.28 bits per heavy atom. The highest BCUT2D eigenvalue weighted by Gasteiger charge is 2.36. The average molecular weight is 349 g/mol. The molecule has 1 saturated heterocycles. The highest BCUT2D eigenvalue weighted by molar-refractivity contribution is 5.64. The Labute approximate surface area is 144 Å². The second-order valence-corrected chi connectivity index (χ2v) is 5.82. The fraction of sp³-hybridized carbons (Fsp3) is 0.471. The van der Waals surface area contributed by atoms with Gasteiger partial charge < -0.3 is 18.9 Å². The molecule has 1 aliphatic heterocycles. The van der Waals surface area contributed by atoms with Crippen LogP contribution >= 0.6 is 0 Å². The monoisotopic (exact) mass is 349 g/mol. The molecule has 0 amide bonds. The van der Waals surface area contributed by atoms with E-state index >= 15 is 0 Å². The maximum Gasteiger partial charge on any atom is 0.514 e. The van der Waals surface area contributed by atoms with Crippen molar-refractivity contribution >= 4 is 11.8 Å². The standard InChI is InChI=1S/C17H19NO7/c19-17(23-13-9-7-12(8-10-13)18(20)21)22-11-16-24-14-5-3-1-2-4-6-15(14)25-16/h1-2,7-10,14-16H,3-6,11H2/b2-1+/t14-,15+,16?. The van der Waals surface area contributed by atoms with E-state index in [2.05, 4.69) is 12.2 Å². The van der Waals surface area contributed by atoms with Crippen molar-refractivity contribution < 1.29 is 28.7 Å². The molecule has 1 unspecified atom stereocenters. The molecule has 25 heavy (non-hydrogen) atoms. The van der Waals surface area contributed by atoms with E-state index in [1.54, 1.807) is 0 Å². The Kier molecular flexibility index (Phi) is 5.62. The Morgan fingerprint density at radius 2 is 1.72 bits per heavy atom. The smallest absolute Gasteiger partial charge is 0.429 e. The second-order valence-electron chi connectivity index (χ2n) is 5.82. The van der Waals surface area contributed by atoms with E-state index in [9.17, 15) is 14.9 Å². The molecule has 1 fully saturated rings. The quantitative estimate of drug-likeness (QED) is 0.270. The predicted molar refractivity (Wildman–Crippen MR) is 86.2 cm³/mol. The molecule has 1 aromatic carbocycles. The maximum absolute atomic E-state index is 11.7. The largest absolute Gasteiger partial charge is 0.514 e. The van der Waals surface area contributed by atoms with Crippen LogP contribution in [0.3, 0.4) is 0 Å². The van der Waals surface area contributed by atoms with Gasteiger partial charge in [-0.15, -0.1) is 0 Å². The fourth-order valence-corrected chi connectivity index (χ4v) is 2.84. The van der Waals surface area contributed by atoms with Gasteiger partial charge in [-0.1, -0.05) is 12.2 Å². The number of nitro benzene ring substituents is 1. The van der Waals surface area contributed by atoms with Crippen molar-refractivity contribution in [2.45, 2.75) is 44.2 Å². The van der Waals surface area contributed by atoms with E-state index in [4.69, 9.17) is 18.9 Å². The number of carbonyl (C=O) groups excluding carboxylic acids is 1. The Balaban J connectivity index is 1.44. The van der Waals surface area contributed by atoms with Crippen LogP contribution in [0.2, 0.25) is 0 Å². The molecule has 8 nitrogen and oxygen atoms in total. The number of nitro groups is 1. The van der Waals surface area contributed by atoms with Crippen molar-refractivity contribution in [3.8, 4) is 5.75 Å².